The van der Waals surface area contributed by atoms with E-state index in [1.165, 1.54) is 32.1 Å². The van der Waals surface area contributed by atoms with Gasteiger partial charge in [0, 0.05) is 12.0 Å². The number of hydrogen-bond acceptors (Lipinski definition) is 3. The second kappa shape index (κ2) is 9.02. The molecule has 1 aromatic rings. The Hall–Kier alpha value is -1.97. The maximum absolute atomic E-state index is 11.9. The molecule has 2 atom stereocenters. The molecule has 2 bridgehead atoms. The van der Waals surface area contributed by atoms with Crippen LogP contribution >= 0.6 is 0 Å². The summed E-state index contributed by atoms with van der Waals surface area (Å²) in [6.07, 6.45) is 13.9. The van der Waals surface area contributed by atoms with Gasteiger partial charge >= 0.3 is 5.97 Å². The highest BCUT2D eigenvalue weighted by molar-refractivity contribution is 5.71. The number of fused-ring (bicyclic) bond motifs is 2. The lowest BCUT2D eigenvalue weighted by atomic mass is 9.79. The SMILES string of the molecule is CCC(C(=O)O)C(CC=CCC12CCC(CC1)C2)c1ccc(OC)cc1OC. The molecular weight excluding hydrogens is 352 g/mol. The summed E-state index contributed by atoms with van der Waals surface area (Å²) in [7, 11) is 3.25. The molecule has 2 unspecified atom stereocenters. The molecule has 1 aromatic carbocycles. The zero-order valence-electron chi connectivity index (χ0n) is 17.4. The van der Waals surface area contributed by atoms with Crippen LogP contribution in [0.1, 0.15) is 69.8 Å². The van der Waals surface area contributed by atoms with E-state index in [4.69, 9.17) is 9.47 Å². The number of hydrogen-bond donors (Lipinski definition) is 1. The van der Waals surface area contributed by atoms with Crippen molar-refractivity contribution in [3.63, 3.8) is 0 Å². The standard InChI is InChI=1S/C24H34O4/c1-4-19(23(25)26)20(21-9-8-18(27-2)15-22(21)28-3)7-5-6-12-24-13-10-17(16-24)11-14-24/h5-6,8-9,15,17,19-20H,4,7,10-14,16H2,1-3H3,(H,25,26). The van der Waals surface area contributed by atoms with Crippen molar-refractivity contribution >= 4 is 5.97 Å². The van der Waals surface area contributed by atoms with Crippen LogP contribution in [0.25, 0.3) is 0 Å². The van der Waals surface area contributed by atoms with Crippen molar-refractivity contribution in [2.24, 2.45) is 17.3 Å². The van der Waals surface area contributed by atoms with Crippen LogP contribution in [0, 0.1) is 17.3 Å². The van der Waals surface area contributed by atoms with Gasteiger partial charge in [0.15, 0.2) is 0 Å². The quantitative estimate of drug-likeness (QED) is 0.515. The van der Waals surface area contributed by atoms with Gasteiger partial charge in [-0.1, -0.05) is 25.1 Å². The molecule has 0 spiro atoms. The molecule has 2 aliphatic carbocycles. The molecule has 0 aliphatic heterocycles. The molecule has 0 radical (unpaired) electrons. The molecule has 0 amide bonds. The predicted octanol–water partition coefficient (Wildman–Crippen LogP) is 5.81. The van der Waals surface area contributed by atoms with Crippen LogP contribution in [-0.4, -0.2) is 25.3 Å². The zero-order chi connectivity index (χ0) is 20.1. The summed E-state index contributed by atoms with van der Waals surface area (Å²) in [5.74, 6) is 1.08. The third kappa shape index (κ3) is 4.37. The van der Waals surface area contributed by atoms with Gasteiger partial charge in [-0.05, 0) is 74.3 Å². The minimum absolute atomic E-state index is 0.114. The lowest BCUT2D eigenvalue weighted by Gasteiger charge is -2.26. The minimum atomic E-state index is -0.744. The Balaban J connectivity index is 1.77. The topological polar surface area (TPSA) is 55.8 Å². The molecule has 2 fully saturated rings. The summed E-state index contributed by atoms with van der Waals surface area (Å²) in [5, 5.41) is 9.79. The van der Waals surface area contributed by atoms with E-state index in [1.807, 2.05) is 25.1 Å². The number of methoxy groups -OCH3 is 2. The lowest BCUT2D eigenvalue weighted by molar-refractivity contribution is -0.142. The van der Waals surface area contributed by atoms with Gasteiger partial charge < -0.3 is 14.6 Å². The number of aliphatic carboxylic acids is 1. The highest BCUT2D eigenvalue weighted by Gasteiger charge is 2.43. The van der Waals surface area contributed by atoms with Crippen LogP contribution in [0.4, 0.5) is 0 Å². The van der Waals surface area contributed by atoms with Crippen molar-refractivity contribution in [3.8, 4) is 11.5 Å². The van der Waals surface area contributed by atoms with Crippen LogP contribution < -0.4 is 9.47 Å². The summed E-state index contributed by atoms with van der Waals surface area (Å²) in [6, 6.07) is 5.69. The number of rotatable bonds is 10. The largest absolute Gasteiger partial charge is 0.497 e. The molecule has 28 heavy (non-hydrogen) atoms. The van der Waals surface area contributed by atoms with Crippen molar-refractivity contribution in [3.05, 3.63) is 35.9 Å². The maximum atomic E-state index is 11.9. The molecule has 0 aromatic heterocycles. The van der Waals surface area contributed by atoms with E-state index in [2.05, 4.69) is 12.2 Å². The first-order valence-electron chi connectivity index (χ1n) is 10.6. The highest BCUT2D eigenvalue weighted by Crippen LogP contribution is 2.56. The van der Waals surface area contributed by atoms with E-state index in [9.17, 15) is 9.90 Å². The number of benzene rings is 1. The normalized spacial score (nSPS) is 25.8. The van der Waals surface area contributed by atoms with Gasteiger partial charge in [-0.2, -0.15) is 0 Å². The van der Waals surface area contributed by atoms with Crippen molar-refractivity contribution in [2.75, 3.05) is 14.2 Å². The smallest absolute Gasteiger partial charge is 0.307 e. The summed E-state index contributed by atoms with van der Waals surface area (Å²) < 4.78 is 10.9. The molecular formula is C24H34O4. The maximum Gasteiger partial charge on any atom is 0.307 e. The predicted molar refractivity (Wildman–Crippen MR) is 111 cm³/mol. The molecule has 0 saturated heterocycles. The first-order chi connectivity index (χ1) is 13.5. The molecule has 2 saturated carbocycles. The van der Waals surface area contributed by atoms with Crippen molar-refractivity contribution in [2.45, 2.75) is 64.2 Å². The van der Waals surface area contributed by atoms with Crippen molar-refractivity contribution in [1.29, 1.82) is 0 Å². The van der Waals surface area contributed by atoms with Gasteiger partial charge in [0.1, 0.15) is 11.5 Å². The van der Waals surface area contributed by atoms with Gasteiger partial charge in [0.25, 0.3) is 0 Å². The number of ether oxygens (including phenoxy) is 2. The number of carboxylic acids is 1. The fourth-order valence-corrected chi connectivity index (χ4v) is 5.44. The van der Waals surface area contributed by atoms with E-state index in [0.717, 1.165) is 23.7 Å². The van der Waals surface area contributed by atoms with E-state index >= 15 is 0 Å². The summed E-state index contributed by atoms with van der Waals surface area (Å²) >= 11 is 0. The Kier molecular flexibility index (Phi) is 6.69. The second-order valence-corrected chi connectivity index (χ2v) is 8.63. The molecule has 2 aliphatic rings. The van der Waals surface area contributed by atoms with E-state index < -0.39 is 11.9 Å². The average Bonchev–Trinajstić information content (AvgIpc) is 3.31. The van der Waals surface area contributed by atoms with E-state index in [0.29, 0.717) is 24.0 Å². The van der Waals surface area contributed by atoms with Crippen LogP contribution in [0.2, 0.25) is 0 Å². The molecule has 0 heterocycles. The fraction of sp³-hybridized carbons (Fsp3) is 0.625. The Morgan fingerprint density at radius 1 is 1.25 bits per heavy atom. The van der Waals surface area contributed by atoms with Gasteiger partial charge in [-0.15, -0.1) is 0 Å². The van der Waals surface area contributed by atoms with E-state index in [-0.39, 0.29) is 5.92 Å². The average molecular weight is 387 g/mol. The molecule has 1 N–H and O–H groups in total. The Bertz CT molecular complexity index is 701. The molecule has 3 rings (SSSR count). The Morgan fingerprint density at radius 2 is 2.00 bits per heavy atom. The molecule has 154 valence electrons. The summed E-state index contributed by atoms with van der Waals surface area (Å²) in [6.45, 7) is 1.95. The Labute approximate surface area is 168 Å². The third-order valence-corrected chi connectivity index (χ3v) is 7.08. The zero-order valence-corrected chi connectivity index (χ0v) is 17.4. The van der Waals surface area contributed by atoms with Crippen LogP contribution in [0.15, 0.2) is 30.4 Å². The third-order valence-electron chi connectivity index (χ3n) is 7.08. The summed E-state index contributed by atoms with van der Waals surface area (Å²) in [4.78, 5) is 11.9. The second-order valence-electron chi connectivity index (χ2n) is 8.63. The number of allylic oxidation sites excluding steroid dienone is 2. The monoisotopic (exact) mass is 386 g/mol. The van der Waals surface area contributed by atoms with E-state index in [1.54, 1.807) is 14.2 Å². The molecule has 4 nitrogen and oxygen atoms in total. The van der Waals surface area contributed by atoms with Gasteiger partial charge in [-0.3, -0.25) is 4.79 Å². The van der Waals surface area contributed by atoms with Gasteiger partial charge in [0.05, 0.1) is 20.1 Å². The fourth-order valence-electron chi connectivity index (χ4n) is 5.44. The van der Waals surface area contributed by atoms with Crippen LogP contribution in [0.5, 0.6) is 11.5 Å². The van der Waals surface area contributed by atoms with Crippen LogP contribution in [-0.2, 0) is 4.79 Å². The Morgan fingerprint density at radius 3 is 2.54 bits per heavy atom. The number of carbonyl (C=O) groups is 1. The van der Waals surface area contributed by atoms with Gasteiger partial charge in [-0.25, -0.2) is 0 Å². The van der Waals surface area contributed by atoms with Gasteiger partial charge in [0.2, 0.25) is 0 Å². The first-order valence-corrected chi connectivity index (χ1v) is 10.6. The van der Waals surface area contributed by atoms with Crippen molar-refractivity contribution < 1.29 is 19.4 Å². The minimum Gasteiger partial charge on any atom is -0.497 e. The first kappa shape index (κ1) is 20.8. The number of carboxylic acid groups (broad SMARTS) is 1. The molecule has 4 heteroatoms. The van der Waals surface area contributed by atoms with Crippen LogP contribution in [0.3, 0.4) is 0 Å². The van der Waals surface area contributed by atoms with Crippen molar-refractivity contribution in [1.82, 2.24) is 0 Å². The highest BCUT2D eigenvalue weighted by atomic mass is 16.5. The summed E-state index contributed by atoms with van der Waals surface area (Å²) in [5.41, 5.74) is 1.48. The lowest BCUT2D eigenvalue weighted by Crippen LogP contribution is -2.22.